The lowest BCUT2D eigenvalue weighted by molar-refractivity contribution is 0.0342. The molecule has 4 rings (SSSR count). The Morgan fingerprint density at radius 3 is 2.58 bits per heavy atom. The van der Waals surface area contributed by atoms with Crippen molar-refractivity contribution in [2.45, 2.75) is 13.1 Å². The van der Waals surface area contributed by atoms with Crippen LogP contribution in [0.5, 0.6) is 5.75 Å². The summed E-state index contributed by atoms with van der Waals surface area (Å²) < 4.78 is 50.1. The summed E-state index contributed by atoms with van der Waals surface area (Å²) in [5.74, 6) is -0.244. The molecule has 0 unspecified atom stereocenters. The van der Waals surface area contributed by atoms with Gasteiger partial charge < -0.3 is 8.92 Å². The minimum absolute atomic E-state index is 0.0114. The van der Waals surface area contributed by atoms with Gasteiger partial charge in [0, 0.05) is 37.3 Å². The van der Waals surface area contributed by atoms with E-state index in [0.29, 0.717) is 16.7 Å². The average molecular weight is 378 g/mol. The summed E-state index contributed by atoms with van der Waals surface area (Å²) in [4.78, 5) is 2.31. The van der Waals surface area contributed by atoms with Crippen molar-refractivity contribution in [2.75, 3.05) is 26.3 Å². The summed E-state index contributed by atoms with van der Waals surface area (Å²) >= 11 is 0. The molecule has 0 spiro atoms. The lowest BCUT2D eigenvalue weighted by Crippen LogP contribution is -2.35. The van der Waals surface area contributed by atoms with Crippen molar-refractivity contribution >= 4 is 10.3 Å². The molecule has 2 aromatic rings. The number of fused-ring (bicyclic) bond motifs is 1. The summed E-state index contributed by atoms with van der Waals surface area (Å²) in [6, 6.07) is 10.3. The van der Waals surface area contributed by atoms with Gasteiger partial charge in [0.25, 0.3) is 0 Å². The molecule has 0 bridgehead atoms. The molecule has 2 aromatic carbocycles. The van der Waals surface area contributed by atoms with Crippen molar-refractivity contribution < 1.29 is 21.7 Å². The van der Waals surface area contributed by atoms with E-state index in [4.69, 9.17) is 8.92 Å². The number of hydrogen-bond donors (Lipinski definition) is 1. The van der Waals surface area contributed by atoms with Gasteiger partial charge in [-0.1, -0.05) is 24.3 Å². The van der Waals surface area contributed by atoms with Crippen LogP contribution < -0.4 is 8.91 Å². The molecule has 0 aliphatic carbocycles. The summed E-state index contributed by atoms with van der Waals surface area (Å²) in [7, 11) is -3.86. The van der Waals surface area contributed by atoms with Crippen LogP contribution in [0, 0.1) is 5.82 Å². The van der Waals surface area contributed by atoms with Crippen LogP contribution in [0.4, 0.5) is 4.39 Å². The highest BCUT2D eigenvalue weighted by Gasteiger charge is 2.26. The van der Waals surface area contributed by atoms with Crippen LogP contribution in [0.15, 0.2) is 36.4 Å². The Morgan fingerprint density at radius 1 is 1.12 bits per heavy atom. The van der Waals surface area contributed by atoms with E-state index in [2.05, 4.69) is 9.62 Å². The monoisotopic (exact) mass is 378 g/mol. The Hall–Kier alpha value is -2.00. The first kappa shape index (κ1) is 17.4. The van der Waals surface area contributed by atoms with Gasteiger partial charge in [0.1, 0.15) is 5.82 Å². The molecular formula is C18H19FN2O4S. The first-order chi connectivity index (χ1) is 12.5. The van der Waals surface area contributed by atoms with E-state index in [1.807, 2.05) is 24.3 Å². The normalized spacial score (nSPS) is 19.6. The number of morpholine rings is 1. The third kappa shape index (κ3) is 3.73. The minimum atomic E-state index is -3.86. The Morgan fingerprint density at radius 2 is 1.85 bits per heavy atom. The van der Waals surface area contributed by atoms with E-state index in [1.54, 1.807) is 0 Å². The van der Waals surface area contributed by atoms with Crippen LogP contribution in [-0.4, -0.2) is 39.6 Å². The van der Waals surface area contributed by atoms with Crippen molar-refractivity contribution in [3.8, 4) is 16.9 Å². The van der Waals surface area contributed by atoms with Gasteiger partial charge in [0.05, 0.1) is 13.2 Å². The Bertz CT molecular complexity index is 910. The number of halogens is 1. The van der Waals surface area contributed by atoms with Crippen LogP contribution in [0.3, 0.4) is 0 Å². The number of rotatable bonds is 3. The highest BCUT2D eigenvalue weighted by molar-refractivity contribution is 7.85. The molecule has 0 saturated carbocycles. The lowest BCUT2D eigenvalue weighted by atomic mass is 9.99. The molecule has 0 aromatic heterocycles. The van der Waals surface area contributed by atoms with E-state index >= 15 is 0 Å². The average Bonchev–Trinajstić information content (AvgIpc) is 2.63. The smallest absolute Gasteiger partial charge is 0.379 e. The summed E-state index contributed by atoms with van der Waals surface area (Å²) in [6.07, 6.45) is 0. The standard InChI is InChI=1S/C18H19FN2O4S/c19-16-9-15-11-20-26(22,23)25-18(15)17(10-16)14-3-1-13(2-4-14)12-21-5-7-24-8-6-21/h1-4,9-10,20H,5-8,11-12H2. The number of nitrogens with one attached hydrogen (secondary N) is 1. The predicted molar refractivity (Wildman–Crippen MR) is 94.3 cm³/mol. The van der Waals surface area contributed by atoms with E-state index in [-0.39, 0.29) is 12.3 Å². The third-order valence-corrected chi connectivity index (χ3v) is 5.42. The molecule has 1 N–H and O–H groups in total. The second kappa shape index (κ2) is 6.96. The molecule has 1 saturated heterocycles. The molecule has 6 nitrogen and oxygen atoms in total. The SMILES string of the molecule is O=S1(=O)NCc2cc(F)cc(-c3ccc(CN4CCOCC4)cc3)c2O1. The fourth-order valence-corrected chi connectivity index (χ4v) is 4.01. The van der Waals surface area contributed by atoms with Gasteiger partial charge in [0.2, 0.25) is 0 Å². The van der Waals surface area contributed by atoms with Gasteiger partial charge in [-0.25, -0.2) is 4.39 Å². The maximum atomic E-state index is 14.0. The summed E-state index contributed by atoms with van der Waals surface area (Å²) in [5, 5.41) is 0. The van der Waals surface area contributed by atoms with Crippen LogP contribution in [0.1, 0.15) is 11.1 Å². The van der Waals surface area contributed by atoms with Gasteiger partial charge >= 0.3 is 10.3 Å². The molecule has 138 valence electrons. The molecule has 0 atom stereocenters. The van der Waals surface area contributed by atoms with E-state index in [9.17, 15) is 12.8 Å². The maximum Gasteiger partial charge on any atom is 0.382 e. The highest BCUT2D eigenvalue weighted by atomic mass is 32.2. The predicted octanol–water partition coefficient (Wildman–Crippen LogP) is 2.05. The summed E-state index contributed by atoms with van der Waals surface area (Å²) in [6.45, 7) is 4.12. The van der Waals surface area contributed by atoms with Crippen molar-refractivity contribution in [2.24, 2.45) is 0 Å². The van der Waals surface area contributed by atoms with Gasteiger partial charge in [-0.2, -0.15) is 13.1 Å². The van der Waals surface area contributed by atoms with E-state index < -0.39 is 16.1 Å². The van der Waals surface area contributed by atoms with Gasteiger partial charge in [-0.15, -0.1) is 0 Å². The van der Waals surface area contributed by atoms with Gasteiger partial charge in [-0.3, -0.25) is 4.90 Å². The second-order valence-electron chi connectivity index (χ2n) is 6.39. The molecule has 26 heavy (non-hydrogen) atoms. The Kier molecular flexibility index (Phi) is 4.66. The zero-order valence-corrected chi connectivity index (χ0v) is 14.9. The molecule has 8 heteroatoms. The third-order valence-electron chi connectivity index (χ3n) is 4.54. The van der Waals surface area contributed by atoms with Crippen molar-refractivity contribution in [3.05, 3.63) is 53.3 Å². The van der Waals surface area contributed by atoms with Crippen LogP contribution >= 0.6 is 0 Å². The Labute approximate surface area is 151 Å². The van der Waals surface area contributed by atoms with Crippen LogP contribution in [-0.2, 0) is 28.1 Å². The summed E-state index contributed by atoms with van der Waals surface area (Å²) in [5.41, 5.74) is 2.76. The zero-order valence-electron chi connectivity index (χ0n) is 14.1. The first-order valence-electron chi connectivity index (χ1n) is 8.41. The molecule has 0 amide bonds. The minimum Gasteiger partial charge on any atom is -0.379 e. The topological polar surface area (TPSA) is 67.9 Å². The quantitative estimate of drug-likeness (QED) is 0.886. The van der Waals surface area contributed by atoms with Gasteiger partial charge in [0.15, 0.2) is 5.75 Å². The molecule has 1 fully saturated rings. The van der Waals surface area contributed by atoms with E-state index in [1.165, 1.54) is 12.1 Å². The molecule has 0 radical (unpaired) electrons. The molecule has 2 aliphatic heterocycles. The van der Waals surface area contributed by atoms with Crippen molar-refractivity contribution in [1.82, 2.24) is 9.62 Å². The highest BCUT2D eigenvalue weighted by Crippen LogP contribution is 2.37. The van der Waals surface area contributed by atoms with Crippen molar-refractivity contribution in [1.29, 1.82) is 0 Å². The maximum absolute atomic E-state index is 14.0. The zero-order chi connectivity index (χ0) is 18.1. The largest absolute Gasteiger partial charge is 0.382 e. The Balaban J connectivity index is 1.62. The fourth-order valence-electron chi connectivity index (χ4n) is 3.21. The van der Waals surface area contributed by atoms with E-state index in [0.717, 1.165) is 38.4 Å². The number of hydrogen-bond acceptors (Lipinski definition) is 5. The van der Waals surface area contributed by atoms with Crippen LogP contribution in [0.2, 0.25) is 0 Å². The molecular weight excluding hydrogens is 359 g/mol. The van der Waals surface area contributed by atoms with Gasteiger partial charge in [-0.05, 0) is 23.3 Å². The number of nitrogens with zero attached hydrogens (tertiary/aromatic N) is 1. The fraction of sp³-hybridized carbons (Fsp3) is 0.333. The second-order valence-corrected chi connectivity index (χ2v) is 7.75. The number of ether oxygens (including phenoxy) is 1. The number of benzene rings is 2. The first-order valence-corrected chi connectivity index (χ1v) is 9.82. The van der Waals surface area contributed by atoms with Crippen molar-refractivity contribution in [3.63, 3.8) is 0 Å². The molecule has 2 aliphatic rings. The van der Waals surface area contributed by atoms with Crippen LogP contribution in [0.25, 0.3) is 11.1 Å². The lowest BCUT2D eigenvalue weighted by Gasteiger charge is -2.26. The molecule has 2 heterocycles.